The van der Waals surface area contributed by atoms with Crippen molar-refractivity contribution in [3.8, 4) is 5.75 Å². The van der Waals surface area contributed by atoms with Gasteiger partial charge in [-0.1, -0.05) is 36.8 Å². The van der Waals surface area contributed by atoms with Crippen molar-refractivity contribution >= 4 is 5.69 Å². The first-order chi connectivity index (χ1) is 12.3. The highest BCUT2D eigenvalue weighted by Crippen LogP contribution is 2.18. The molecular weight excluding hydrogens is 308 g/mol. The Morgan fingerprint density at radius 3 is 2.60 bits per heavy atom. The molecule has 0 bridgehead atoms. The fourth-order valence-corrected chi connectivity index (χ4v) is 3.42. The van der Waals surface area contributed by atoms with Crippen LogP contribution in [0.5, 0.6) is 5.75 Å². The summed E-state index contributed by atoms with van der Waals surface area (Å²) in [6.07, 6.45) is 5.99. The SMILES string of the molecule is CC1CCCC(CNc2ccc(OCCCc3ccccc3)cc2)N1. The van der Waals surface area contributed by atoms with Crippen LogP contribution >= 0.6 is 0 Å². The number of benzene rings is 2. The Hall–Kier alpha value is -2.00. The first-order valence-electron chi connectivity index (χ1n) is 9.56. The van der Waals surface area contributed by atoms with E-state index < -0.39 is 0 Å². The van der Waals surface area contributed by atoms with Crippen LogP contribution in [0.1, 0.15) is 38.2 Å². The van der Waals surface area contributed by atoms with Gasteiger partial charge in [0.2, 0.25) is 0 Å². The molecule has 3 nitrogen and oxygen atoms in total. The Bertz CT molecular complexity index is 612. The minimum absolute atomic E-state index is 0.581. The Morgan fingerprint density at radius 2 is 1.84 bits per heavy atom. The number of hydrogen-bond acceptors (Lipinski definition) is 3. The molecule has 25 heavy (non-hydrogen) atoms. The molecule has 1 saturated heterocycles. The third kappa shape index (κ3) is 6.09. The number of anilines is 1. The van der Waals surface area contributed by atoms with Crippen molar-refractivity contribution in [1.29, 1.82) is 0 Å². The van der Waals surface area contributed by atoms with E-state index in [9.17, 15) is 0 Å². The third-order valence-corrected chi connectivity index (χ3v) is 4.84. The summed E-state index contributed by atoms with van der Waals surface area (Å²) >= 11 is 0. The van der Waals surface area contributed by atoms with E-state index in [1.165, 1.54) is 24.8 Å². The summed E-state index contributed by atoms with van der Waals surface area (Å²) < 4.78 is 5.85. The number of ether oxygens (including phenoxy) is 1. The van der Waals surface area contributed by atoms with E-state index in [-0.39, 0.29) is 0 Å². The lowest BCUT2D eigenvalue weighted by atomic mass is 9.99. The largest absolute Gasteiger partial charge is 0.494 e. The van der Waals surface area contributed by atoms with Crippen LogP contribution in [0, 0.1) is 0 Å². The molecular formula is C22H30N2O. The first kappa shape index (κ1) is 17.8. The predicted octanol–water partition coefficient (Wildman–Crippen LogP) is 4.64. The van der Waals surface area contributed by atoms with Gasteiger partial charge in [-0.05, 0) is 62.4 Å². The number of piperidine rings is 1. The normalized spacial score (nSPS) is 20.2. The second-order valence-electron chi connectivity index (χ2n) is 7.04. The number of hydrogen-bond donors (Lipinski definition) is 2. The van der Waals surface area contributed by atoms with Crippen LogP contribution in [-0.4, -0.2) is 25.2 Å². The molecule has 0 saturated carbocycles. The fourth-order valence-electron chi connectivity index (χ4n) is 3.42. The molecule has 1 fully saturated rings. The monoisotopic (exact) mass is 338 g/mol. The molecule has 2 N–H and O–H groups in total. The molecule has 2 aromatic carbocycles. The lowest BCUT2D eigenvalue weighted by Gasteiger charge is -2.29. The fraction of sp³-hybridized carbons (Fsp3) is 0.455. The maximum atomic E-state index is 5.85. The van der Waals surface area contributed by atoms with Crippen molar-refractivity contribution in [2.24, 2.45) is 0 Å². The van der Waals surface area contributed by atoms with Gasteiger partial charge in [-0.15, -0.1) is 0 Å². The average molecular weight is 338 g/mol. The van der Waals surface area contributed by atoms with Crippen LogP contribution in [0.15, 0.2) is 54.6 Å². The smallest absolute Gasteiger partial charge is 0.119 e. The molecule has 0 spiro atoms. The second kappa shape index (κ2) is 9.47. The van der Waals surface area contributed by atoms with Gasteiger partial charge in [0.05, 0.1) is 6.61 Å². The van der Waals surface area contributed by atoms with Crippen molar-refractivity contribution in [2.75, 3.05) is 18.5 Å². The lowest BCUT2D eigenvalue weighted by molar-refractivity contribution is 0.311. The van der Waals surface area contributed by atoms with Crippen LogP contribution < -0.4 is 15.4 Å². The summed E-state index contributed by atoms with van der Waals surface area (Å²) in [5.41, 5.74) is 2.54. The van der Waals surface area contributed by atoms with E-state index in [2.05, 4.69) is 72.2 Å². The second-order valence-corrected chi connectivity index (χ2v) is 7.04. The van der Waals surface area contributed by atoms with Gasteiger partial charge in [0.25, 0.3) is 0 Å². The standard InChI is InChI=1S/C22H30N2O/c1-18-7-5-11-21(24-18)17-23-20-12-14-22(15-13-20)25-16-6-10-19-8-3-2-4-9-19/h2-4,8-9,12-15,18,21,23-24H,5-7,10-11,16-17H2,1H3. The highest BCUT2D eigenvalue weighted by atomic mass is 16.5. The quantitative estimate of drug-likeness (QED) is 0.688. The number of nitrogens with one attached hydrogen (secondary N) is 2. The molecule has 1 aliphatic rings. The van der Waals surface area contributed by atoms with Crippen molar-refractivity contribution in [3.05, 3.63) is 60.2 Å². The Morgan fingerprint density at radius 1 is 1.04 bits per heavy atom. The summed E-state index contributed by atoms with van der Waals surface area (Å²) in [5.74, 6) is 0.947. The third-order valence-electron chi connectivity index (χ3n) is 4.84. The summed E-state index contributed by atoms with van der Waals surface area (Å²) in [4.78, 5) is 0. The molecule has 1 heterocycles. The molecule has 0 amide bonds. The molecule has 2 unspecified atom stereocenters. The van der Waals surface area contributed by atoms with Crippen LogP contribution in [0.4, 0.5) is 5.69 Å². The molecule has 134 valence electrons. The molecule has 3 rings (SSSR count). The van der Waals surface area contributed by atoms with Crippen molar-refractivity contribution in [1.82, 2.24) is 5.32 Å². The highest BCUT2D eigenvalue weighted by Gasteiger charge is 2.16. The molecule has 0 aliphatic carbocycles. The van der Waals surface area contributed by atoms with Crippen molar-refractivity contribution < 1.29 is 4.74 Å². The van der Waals surface area contributed by atoms with E-state index in [1.807, 2.05) is 0 Å². The zero-order valence-corrected chi connectivity index (χ0v) is 15.2. The van der Waals surface area contributed by atoms with Gasteiger partial charge in [-0.2, -0.15) is 0 Å². The molecule has 3 heteroatoms. The van der Waals surface area contributed by atoms with Crippen LogP contribution in [0.2, 0.25) is 0 Å². The van der Waals surface area contributed by atoms with Gasteiger partial charge >= 0.3 is 0 Å². The summed E-state index contributed by atoms with van der Waals surface area (Å²) in [6.45, 7) is 4.02. The zero-order chi connectivity index (χ0) is 17.3. The van der Waals surface area contributed by atoms with Gasteiger partial charge in [-0.25, -0.2) is 0 Å². The Kier molecular flexibility index (Phi) is 6.75. The molecule has 2 aromatic rings. The Balaban J connectivity index is 1.35. The maximum absolute atomic E-state index is 5.85. The zero-order valence-electron chi connectivity index (χ0n) is 15.2. The molecule has 2 atom stereocenters. The topological polar surface area (TPSA) is 33.3 Å². The van der Waals surface area contributed by atoms with E-state index in [1.54, 1.807) is 0 Å². The van der Waals surface area contributed by atoms with Crippen molar-refractivity contribution in [3.63, 3.8) is 0 Å². The minimum atomic E-state index is 0.581. The van der Waals surface area contributed by atoms with E-state index in [4.69, 9.17) is 4.74 Å². The number of aryl methyl sites for hydroxylation is 1. The predicted molar refractivity (Wildman–Crippen MR) is 105 cm³/mol. The van der Waals surface area contributed by atoms with E-state index in [0.29, 0.717) is 12.1 Å². The van der Waals surface area contributed by atoms with Gasteiger partial charge in [-0.3, -0.25) is 0 Å². The summed E-state index contributed by atoms with van der Waals surface area (Å²) in [7, 11) is 0. The van der Waals surface area contributed by atoms with Crippen molar-refractivity contribution in [2.45, 2.75) is 51.1 Å². The van der Waals surface area contributed by atoms with Gasteiger partial charge in [0.15, 0.2) is 0 Å². The van der Waals surface area contributed by atoms with Gasteiger partial charge < -0.3 is 15.4 Å². The molecule has 0 aromatic heterocycles. The number of rotatable bonds is 8. The maximum Gasteiger partial charge on any atom is 0.119 e. The van der Waals surface area contributed by atoms with Crippen LogP contribution in [0.25, 0.3) is 0 Å². The lowest BCUT2D eigenvalue weighted by Crippen LogP contribution is -2.44. The minimum Gasteiger partial charge on any atom is -0.494 e. The van der Waals surface area contributed by atoms with Gasteiger partial charge in [0.1, 0.15) is 5.75 Å². The summed E-state index contributed by atoms with van der Waals surface area (Å²) in [5, 5.41) is 7.19. The van der Waals surface area contributed by atoms with Crippen LogP contribution in [0.3, 0.4) is 0 Å². The van der Waals surface area contributed by atoms with Gasteiger partial charge in [0, 0.05) is 24.3 Å². The Labute approximate surface area is 151 Å². The van der Waals surface area contributed by atoms with Crippen LogP contribution in [-0.2, 0) is 6.42 Å². The molecule has 0 radical (unpaired) electrons. The average Bonchev–Trinajstić information content (AvgIpc) is 2.65. The highest BCUT2D eigenvalue weighted by molar-refractivity contribution is 5.46. The summed E-state index contributed by atoms with van der Waals surface area (Å²) in [6, 6.07) is 20.1. The molecule has 1 aliphatic heterocycles. The first-order valence-corrected chi connectivity index (χ1v) is 9.56. The van der Waals surface area contributed by atoms with E-state index >= 15 is 0 Å². The van der Waals surface area contributed by atoms with E-state index in [0.717, 1.165) is 37.4 Å².